The molecule has 0 aliphatic carbocycles. The third-order valence-electron chi connectivity index (χ3n) is 4.30. The summed E-state index contributed by atoms with van der Waals surface area (Å²) >= 11 is 5.74. The molecule has 1 aliphatic heterocycles. The van der Waals surface area contributed by atoms with Gasteiger partial charge in [0.1, 0.15) is 5.15 Å². The van der Waals surface area contributed by atoms with Crippen LogP contribution in [0.5, 0.6) is 0 Å². The molecule has 5 heteroatoms. The molecule has 1 amide bonds. The number of nitrogens with zero attached hydrogens (tertiary/aromatic N) is 2. The van der Waals surface area contributed by atoms with Crippen molar-refractivity contribution < 1.29 is 4.79 Å². The predicted molar refractivity (Wildman–Crippen MR) is 102 cm³/mol. The molecule has 4 nitrogen and oxygen atoms in total. The van der Waals surface area contributed by atoms with Crippen LogP contribution in [0.25, 0.3) is 0 Å². The molecule has 2 aromatic rings. The van der Waals surface area contributed by atoms with E-state index in [-0.39, 0.29) is 5.91 Å². The number of pyridine rings is 1. The van der Waals surface area contributed by atoms with E-state index in [0.717, 1.165) is 24.6 Å². The zero-order valence-corrected chi connectivity index (χ0v) is 15.4. The number of rotatable bonds is 6. The van der Waals surface area contributed by atoms with Gasteiger partial charge >= 0.3 is 0 Å². The van der Waals surface area contributed by atoms with Gasteiger partial charge in [-0.15, -0.1) is 0 Å². The van der Waals surface area contributed by atoms with Gasteiger partial charge in [-0.1, -0.05) is 37.6 Å². The Morgan fingerprint density at radius 2 is 1.92 bits per heavy atom. The van der Waals surface area contributed by atoms with Crippen LogP contribution in [0.15, 0.2) is 42.6 Å². The summed E-state index contributed by atoms with van der Waals surface area (Å²) in [6.45, 7) is 7.82. The molecule has 1 aromatic carbocycles. The first kappa shape index (κ1) is 17.9. The van der Waals surface area contributed by atoms with Crippen molar-refractivity contribution >= 4 is 23.2 Å². The van der Waals surface area contributed by atoms with Gasteiger partial charge in [-0.05, 0) is 48.1 Å². The SMILES string of the molecule is C[C](C)CN1CC(Cc2ccc(NC(=O)c3ccc(Cl)nc3)cc2)C1. The number of halogens is 1. The second-order valence-electron chi connectivity index (χ2n) is 6.99. The number of hydrogen-bond donors (Lipinski definition) is 1. The Hall–Kier alpha value is -1.91. The van der Waals surface area contributed by atoms with Crippen LogP contribution in [-0.4, -0.2) is 35.4 Å². The van der Waals surface area contributed by atoms with Crippen molar-refractivity contribution in [2.75, 3.05) is 25.0 Å². The van der Waals surface area contributed by atoms with Crippen molar-refractivity contribution in [3.05, 3.63) is 64.8 Å². The zero-order valence-electron chi connectivity index (χ0n) is 14.6. The Bertz CT molecular complexity index is 707. The highest BCUT2D eigenvalue weighted by molar-refractivity contribution is 6.29. The van der Waals surface area contributed by atoms with Crippen molar-refractivity contribution in [1.82, 2.24) is 9.88 Å². The van der Waals surface area contributed by atoms with Crippen LogP contribution in [0.4, 0.5) is 5.69 Å². The zero-order chi connectivity index (χ0) is 17.8. The summed E-state index contributed by atoms with van der Waals surface area (Å²) in [4.78, 5) is 18.6. The van der Waals surface area contributed by atoms with Crippen LogP contribution in [0.3, 0.4) is 0 Å². The van der Waals surface area contributed by atoms with Gasteiger partial charge in [-0.25, -0.2) is 4.98 Å². The summed E-state index contributed by atoms with van der Waals surface area (Å²) in [5.41, 5.74) is 2.59. The van der Waals surface area contributed by atoms with Gasteiger partial charge in [-0.3, -0.25) is 4.79 Å². The molecule has 0 atom stereocenters. The minimum atomic E-state index is -0.183. The van der Waals surface area contributed by atoms with E-state index in [1.54, 1.807) is 12.1 Å². The van der Waals surface area contributed by atoms with Crippen LogP contribution in [0, 0.1) is 11.8 Å². The minimum Gasteiger partial charge on any atom is -0.322 e. The standard InChI is InChI=1S/C20H23ClN3O/c1-14(2)11-24-12-16(13-24)9-15-3-6-18(7-4-15)23-20(25)17-5-8-19(21)22-10-17/h3-8,10,16H,9,11-13H2,1-2H3,(H,23,25). The molecule has 1 N–H and O–H groups in total. The van der Waals surface area contributed by atoms with Gasteiger partial charge in [0.2, 0.25) is 0 Å². The molecule has 0 spiro atoms. The van der Waals surface area contributed by atoms with Crippen LogP contribution in [0.1, 0.15) is 29.8 Å². The van der Waals surface area contributed by atoms with E-state index in [1.165, 1.54) is 30.8 Å². The molecule has 25 heavy (non-hydrogen) atoms. The minimum absolute atomic E-state index is 0.183. The fourth-order valence-corrected chi connectivity index (χ4v) is 3.26. The monoisotopic (exact) mass is 356 g/mol. The maximum atomic E-state index is 12.2. The Balaban J connectivity index is 1.49. The Labute approximate surface area is 154 Å². The average molecular weight is 357 g/mol. The van der Waals surface area contributed by atoms with Crippen LogP contribution < -0.4 is 5.32 Å². The number of hydrogen-bond acceptors (Lipinski definition) is 3. The smallest absolute Gasteiger partial charge is 0.257 e. The van der Waals surface area contributed by atoms with Crippen molar-refractivity contribution in [1.29, 1.82) is 0 Å². The van der Waals surface area contributed by atoms with Crippen molar-refractivity contribution in [2.45, 2.75) is 20.3 Å². The number of carbonyl (C=O) groups excluding carboxylic acids is 1. The molecule has 1 saturated heterocycles. The molecular weight excluding hydrogens is 334 g/mol. The number of amides is 1. The number of aromatic nitrogens is 1. The largest absolute Gasteiger partial charge is 0.322 e. The number of benzene rings is 1. The third kappa shape index (κ3) is 5.03. The Morgan fingerprint density at radius 3 is 2.52 bits per heavy atom. The van der Waals surface area contributed by atoms with E-state index >= 15 is 0 Å². The maximum absolute atomic E-state index is 12.2. The lowest BCUT2D eigenvalue weighted by Crippen LogP contribution is -2.48. The van der Waals surface area contributed by atoms with E-state index < -0.39 is 0 Å². The molecular formula is C20H23ClN3O. The molecule has 1 aromatic heterocycles. The summed E-state index contributed by atoms with van der Waals surface area (Å²) in [7, 11) is 0. The number of likely N-dealkylation sites (tertiary alicyclic amines) is 1. The van der Waals surface area contributed by atoms with Crippen molar-refractivity contribution in [3.63, 3.8) is 0 Å². The Morgan fingerprint density at radius 1 is 1.20 bits per heavy atom. The number of nitrogens with one attached hydrogen (secondary N) is 1. The predicted octanol–water partition coefficient (Wildman–Crippen LogP) is 4.08. The van der Waals surface area contributed by atoms with Gasteiger partial charge in [-0.2, -0.15) is 0 Å². The van der Waals surface area contributed by atoms with E-state index in [9.17, 15) is 4.79 Å². The molecule has 0 unspecified atom stereocenters. The lowest BCUT2D eigenvalue weighted by atomic mass is 9.91. The van der Waals surface area contributed by atoms with Crippen LogP contribution in [0.2, 0.25) is 5.15 Å². The summed E-state index contributed by atoms with van der Waals surface area (Å²) < 4.78 is 0. The van der Waals surface area contributed by atoms with Gasteiger partial charge in [0.15, 0.2) is 0 Å². The second kappa shape index (κ2) is 7.98. The van der Waals surface area contributed by atoms with Gasteiger partial charge in [0.05, 0.1) is 5.56 Å². The normalized spacial score (nSPS) is 15.2. The fraction of sp³-hybridized carbons (Fsp3) is 0.350. The lowest BCUT2D eigenvalue weighted by molar-refractivity contribution is 0.102. The molecule has 1 fully saturated rings. The van der Waals surface area contributed by atoms with Crippen LogP contribution in [-0.2, 0) is 6.42 Å². The number of carbonyl (C=O) groups is 1. The van der Waals surface area contributed by atoms with Crippen LogP contribution >= 0.6 is 11.6 Å². The van der Waals surface area contributed by atoms with Gasteiger partial charge < -0.3 is 10.2 Å². The molecule has 3 rings (SSSR count). The van der Waals surface area contributed by atoms with E-state index in [4.69, 9.17) is 11.6 Å². The fourth-order valence-electron chi connectivity index (χ4n) is 3.15. The summed E-state index contributed by atoms with van der Waals surface area (Å²) in [5.74, 6) is 2.02. The average Bonchev–Trinajstić information content (AvgIpc) is 2.54. The van der Waals surface area contributed by atoms with Gasteiger partial charge in [0, 0.05) is 31.5 Å². The first-order chi connectivity index (χ1) is 12.0. The highest BCUT2D eigenvalue weighted by Crippen LogP contribution is 2.22. The van der Waals surface area contributed by atoms with Gasteiger partial charge in [0.25, 0.3) is 5.91 Å². The Kier molecular flexibility index (Phi) is 5.71. The second-order valence-corrected chi connectivity index (χ2v) is 7.38. The quantitative estimate of drug-likeness (QED) is 0.793. The van der Waals surface area contributed by atoms with Crippen molar-refractivity contribution in [3.8, 4) is 0 Å². The molecule has 2 heterocycles. The number of anilines is 1. The molecule has 1 aliphatic rings. The lowest BCUT2D eigenvalue weighted by Gasteiger charge is -2.40. The van der Waals surface area contributed by atoms with Crippen molar-refractivity contribution in [2.24, 2.45) is 5.92 Å². The van der Waals surface area contributed by atoms with E-state index in [2.05, 4.69) is 41.2 Å². The highest BCUT2D eigenvalue weighted by Gasteiger charge is 2.26. The summed E-state index contributed by atoms with van der Waals surface area (Å²) in [6.07, 6.45) is 2.57. The van der Waals surface area contributed by atoms with E-state index in [1.807, 2.05) is 12.1 Å². The highest BCUT2D eigenvalue weighted by atomic mass is 35.5. The first-order valence-corrected chi connectivity index (χ1v) is 8.90. The third-order valence-corrected chi connectivity index (χ3v) is 4.52. The molecule has 1 radical (unpaired) electrons. The molecule has 0 saturated carbocycles. The van der Waals surface area contributed by atoms with E-state index in [0.29, 0.717) is 10.7 Å². The summed E-state index contributed by atoms with van der Waals surface area (Å²) in [6, 6.07) is 11.4. The first-order valence-electron chi connectivity index (χ1n) is 8.53. The topological polar surface area (TPSA) is 45.2 Å². The summed E-state index contributed by atoms with van der Waals surface area (Å²) in [5, 5.41) is 3.26. The maximum Gasteiger partial charge on any atom is 0.257 e. The molecule has 0 bridgehead atoms. The molecule has 131 valence electrons.